The molecular formula is C30H36ClN3O4S. The number of aryl methyl sites for hydroxylation is 2. The number of nitrogens with one attached hydrogen (secondary N) is 1. The summed E-state index contributed by atoms with van der Waals surface area (Å²) in [4.78, 5) is 28.4. The molecule has 3 aromatic carbocycles. The molecule has 1 atom stereocenters. The lowest BCUT2D eigenvalue weighted by Crippen LogP contribution is -2.51. The second kappa shape index (κ2) is 13.1. The minimum atomic E-state index is -4.13. The standard InChI is InChI=1S/C30H36ClN3O4S/c1-21(2)18-32-30(36)24(5)33(19-25-14-11-22(3)12-15-25)29(35)20-34(26-16-13-23(4)28(31)17-26)39(37,38)27-9-7-6-8-10-27/h6-17,21,24H,18-20H2,1-5H3,(H,32,36)/t24-/m1/s1. The van der Waals surface area contributed by atoms with E-state index in [4.69, 9.17) is 11.6 Å². The van der Waals surface area contributed by atoms with E-state index in [9.17, 15) is 18.0 Å². The van der Waals surface area contributed by atoms with Crippen LogP contribution >= 0.6 is 11.6 Å². The molecule has 39 heavy (non-hydrogen) atoms. The van der Waals surface area contributed by atoms with E-state index in [1.54, 1.807) is 37.3 Å². The molecule has 3 rings (SSSR count). The Morgan fingerprint density at radius 2 is 1.56 bits per heavy atom. The van der Waals surface area contributed by atoms with Crippen LogP contribution in [-0.4, -0.2) is 44.3 Å². The Labute approximate surface area is 236 Å². The molecule has 7 nitrogen and oxygen atoms in total. The van der Waals surface area contributed by atoms with Crippen LogP contribution in [-0.2, 0) is 26.2 Å². The predicted molar refractivity (Wildman–Crippen MR) is 156 cm³/mol. The van der Waals surface area contributed by atoms with Crippen LogP contribution in [0.4, 0.5) is 5.69 Å². The van der Waals surface area contributed by atoms with E-state index in [-0.39, 0.29) is 29.0 Å². The molecule has 208 valence electrons. The number of benzene rings is 3. The van der Waals surface area contributed by atoms with Crippen molar-refractivity contribution in [1.82, 2.24) is 10.2 Å². The van der Waals surface area contributed by atoms with E-state index in [0.29, 0.717) is 11.6 Å². The van der Waals surface area contributed by atoms with Crippen molar-refractivity contribution in [2.45, 2.75) is 52.1 Å². The van der Waals surface area contributed by atoms with Gasteiger partial charge < -0.3 is 10.2 Å². The van der Waals surface area contributed by atoms with Crippen LogP contribution in [0.25, 0.3) is 0 Å². The fourth-order valence-corrected chi connectivity index (χ4v) is 5.51. The highest BCUT2D eigenvalue weighted by atomic mass is 35.5. The van der Waals surface area contributed by atoms with Gasteiger partial charge in [0.1, 0.15) is 12.6 Å². The van der Waals surface area contributed by atoms with Crippen molar-refractivity contribution in [2.75, 3.05) is 17.4 Å². The highest BCUT2D eigenvalue weighted by molar-refractivity contribution is 7.92. The predicted octanol–water partition coefficient (Wildman–Crippen LogP) is 5.34. The Balaban J connectivity index is 2.02. The number of carbonyl (C=O) groups is 2. The van der Waals surface area contributed by atoms with E-state index in [1.807, 2.05) is 52.0 Å². The molecule has 2 amide bonds. The second-order valence-electron chi connectivity index (χ2n) is 10.1. The first-order valence-corrected chi connectivity index (χ1v) is 14.7. The number of hydrogen-bond acceptors (Lipinski definition) is 4. The number of anilines is 1. The summed E-state index contributed by atoms with van der Waals surface area (Å²) in [7, 11) is -4.13. The van der Waals surface area contributed by atoms with Crippen molar-refractivity contribution in [2.24, 2.45) is 5.92 Å². The molecule has 0 unspecified atom stereocenters. The van der Waals surface area contributed by atoms with E-state index in [1.165, 1.54) is 23.1 Å². The van der Waals surface area contributed by atoms with Gasteiger partial charge in [0.15, 0.2) is 0 Å². The molecule has 0 aromatic heterocycles. The maximum Gasteiger partial charge on any atom is 0.264 e. The molecule has 0 spiro atoms. The summed E-state index contributed by atoms with van der Waals surface area (Å²) in [5.41, 5.74) is 2.93. The van der Waals surface area contributed by atoms with Crippen LogP contribution in [0.2, 0.25) is 5.02 Å². The van der Waals surface area contributed by atoms with Crippen LogP contribution < -0.4 is 9.62 Å². The van der Waals surface area contributed by atoms with Gasteiger partial charge >= 0.3 is 0 Å². The van der Waals surface area contributed by atoms with Gasteiger partial charge in [0.05, 0.1) is 10.6 Å². The summed E-state index contributed by atoms with van der Waals surface area (Å²) >= 11 is 6.36. The van der Waals surface area contributed by atoms with E-state index < -0.39 is 28.5 Å². The number of sulfonamides is 1. The fraction of sp³-hybridized carbons (Fsp3) is 0.333. The summed E-state index contributed by atoms with van der Waals surface area (Å²) < 4.78 is 28.6. The lowest BCUT2D eigenvalue weighted by molar-refractivity contribution is -0.139. The number of amides is 2. The third-order valence-corrected chi connectivity index (χ3v) is 8.57. The van der Waals surface area contributed by atoms with Crippen LogP contribution in [0.3, 0.4) is 0 Å². The van der Waals surface area contributed by atoms with Crippen molar-refractivity contribution in [3.05, 3.63) is 94.5 Å². The Morgan fingerprint density at radius 3 is 2.15 bits per heavy atom. The largest absolute Gasteiger partial charge is 0.354 e. The minimum Gasteiger partial charge on any atom is -0.354 e. The number of hydrogen-bond donors (Lipinski definition) is 1. The first-order valence-electron chi connectivity index (χ1n) is 12.9. The van der Waals surface area contributed by atoms with Gasteiger partial charge in [-0.05, 0) is 62.1 Å². The van der Waals surface area contributed by atoms with Gasteiger partial charge in [0, 0.05) is 18.1 Å². The molecule has 3 aromatic rings. The first-order chi connectivity index (χ1) is 18.4. The first kappa shape index (κ1) is 30.2. The Kier molecular flexibility index (Phi) is 10.2. The zero-order valence-electron chi connectivity index (χ0n) is 23.0. The summed E-state index contributed by atoms with van der Waals surface area (Å²) in [6, 6.07) is 19.6. The molecule has 0 aliphatic heterocycles. The summed E-state index contributed by atoms with van der Waals surface area (Å²) in [5.74, 6) is -0.584. The van der Waals surface area contributed by atoms with Crippen molar-refractivity contribution in [3.63, 3.8) is 0 Å². The fourth-order valence-electron chi connectivity index (χ4n) is 3.91. The molecule has 0 fully saturated rings. The number of nitrogens with zero attached hydrogens (tertiary/aromatic N) is 2. The van der Waals surface area contributed by atoms with E-state index in [2.05, 4.69) is 5.32 Å². The normalized spacial score (nSPS) is 12.2. The van der Waals surface area contributed by atoms with Gasteiger partial charge in [-0.15, -0.1) is 0 Å². The van der Waals surface area contributed by atoms with Gasteiger partial charge in [-0.2, -0.15) is 0 Å². The molecule has 1 N–H and O–H groups in total. The number of rotatable bonds is 11. The summed E-state index contributed by atoms with van der Waals surface area (Å²) in [5, 5.41) is 3.27. The van der Waals surface area contributed by atoms with Gasteiger partial charge in [0.2, 0.25) is 11.8 Å². The van der Waals surface area contributed by atoms with Crippen LogP contribution in [0, 0.1) is 19.8 Å². The van der Waals surface area contributed by atoms with Crippen molar-refractivity contribution in [3.8, 4) is 0 Å². The zero-order chi connectivity index (χ0) is 28.7. The van der Waals surface area contributed by atoms with Crippen LogP contribution in [0.1, 0.15) is 37.5 Å². The zero-order valence-corrected chi connectivity index (χ0v) is 24.6. The molecule has 0 saturated carbocycles. The third-order valence-electron chi connectivity index (χ3n) is 6.38. The quantitative estimate of drug-likeness (QED) is 0.338. The maximum absolute atomic E-state index is 13.9. The molecular weight excluding hydrogens is 534 g/mol. The summed E-state index contributed by atoms with van der Waals surface area (Å²) in [6.45, 7) is 9.50. The van der Waals surface area contributed by atoms with E-state index in [0.717, 1.165) is 21.0 Å². The van der Waals surface area contributed by atoms with Crippen molar-refractivity contribution < 1.29 is 18.0 Å². The average Bonchev–Trinajstić information content (AvgIpc) is 2.91. The Hall–Kier alpha value is -3.36. The molecule has 0 saturated heterocycles. The lowest BCUT2D eigenvalue weighted by atomic mass is 10.1. The van der Waals surface area contributed by atoms with Crippen molar-refractivity contribution >= 4 is 39.1 Å². The monoisotopic (exact) mass is 569 g/mol. The molecule has 0 aliphatic carbocycles. The molecule has 0 aliphatic rings. The average molecular weight is 570 g/mol. The van der Waals surface area contributed by atoms with Gasteiger partial charge in [0.25, 0.3) is 10.0 Å². The lowest BCUT2D eigenvalue weighted by Gasteiger charge is -2.32. The molecule has 9 heteroatoms. The molecule has 0 radical (unpaired) electrons. The topological polar surface area (TPSA) is 86.8 Å². The molecule has 0 heterocycles. The summed E-state index contributed by atoms with van der Waals surface area (Å²) in [6.07, 6.45) is 0. The van der Waals surface area contributed by atoms with Gasteiger partial charge in [-0.3, -0.25) is 13.9 Å². The highest BCUT2D eigenvalue weighted by Crippen LogP contribution is 2.28. The smallest absolute Gasteiger partial charge is 0.264 e. The SMILES string of the molecule is Cc1ccc(CN(C(=O)CN(c2ccc(C)c(Cl)c2)S(=O)(=O)c2ccccc2)[C@H](C)C(=O)NCC(C)C)cc1. The van der Waals surface area contributed by atoms with Crippen molar-refractivity contribution in [1.29, 1.82) is 0 Å². The highest BCUT2D eigenvalue weighted by Gasteiger charge is 2.32. The van der Waals surface area contributed by atoms with Gasteiger partial charge in [-0.25, -0.2) is 8.42 Å². The number of carbonyl (C=O) groups excluding carboxylic acids is 2. The van der Waals surface area contributed by atoms with Crippen LogP contribution in [0.5, 0.6) is 0 Å². The van der Waals surface area contributed by atoms with E-state index >= 15 is 0 Å². The van der Waals surface area contributed by atoms with Crippen LogP contribution in [0.15, 0.2) is 77.7 Å². The van der Waals surface area contributed by atoms with Gasteiger partial charge in [-0.1, -0.05) is 79.5 Å². The second-order valence-corrected chi connectivity index (χ2v) is 12.3. The third kappa shape index (κ3) is 7.83. The Bertz CT molecular complexity index is 1390. The molecule has 0 bridgehead atoms. The Morgan fingerprint density at radius 1 is 0.923 bits per heavy atom. The minimum absolute atomic E-state index is 0.0438. The maximum atomic E-state index is 13.9. The number of halogens is 1.